The van der Waals surface area contributed by atoms with Crippen LogP contribution in [0.3, 0.4) is 0 Å². The van der Waals surface area contributed by atoms with Crippen molar-refractivity contribution in [3.05, 3.63) is 82.6 Å². The Hall–Kier alpha value is -2.19. The van der Waals surface area contributed by atoms with Gasteiger partial charge in [-0.05, 0) is 49.2 Å². The number of hydrogen-bond donors (Lipinski definition) is 3. The Bertz CT molecular complexity index is 1770. The van der Waals surface area contributed by atoms with Crippen LogP contribution in [-0.4, -0.2) is 68.8 Å². The van der Waals surface area contributed by atoms with Crippen molar-refractivity contribution in [1.82, 2.24) is 9.55 Å². The fourth-order valence-electron chi connectivity index (χ4n) is 4.10. The van der Waals surface area contributed by atoms with Gasteiger partial charge in [0.1, 0.15) is 17.7 Å². The van der Waals surface area contributed by atoms with E-state index in [1.807, 2.05) is 4.72 Å². The zero-order chi connectivity index (χ0) is 29.4. The first-order valence-electron chi connectivity index (χ1n) is 11.7. The number of benzene rings is 2. The van der Waals surface area contributed by atoms with Gasteiger partial charge in [-0.2, -0.15) is 0 Å². The SMILES string of the molecule is CCCS(=O)(=O)Nc1ccc(F)c(C(=O)c2cn(C(C)OP(=O)(O)O)c3ncc(-c4ccc(Cl)cc4)cc23)c1F.[NaH]. The molecule has 0 aliphatic carbocycles. The summed E-state index contributed by atoms with van der Waals surface area (Å²) in [6.07, 6.45) is 1.44. The van der Waals surface area contributed by atoms with E-state index in [0.29, 0.717) is 16.1 Å². The number of aromatic nitrogens is 2. The molecule has 2 aromatic heterocycles. The van der Waals surface area contributed by atoms with Crippen LogP contribution < -0.4 is 4.72 Å². The first-order chi connectivity index (χ1) is 18.7. The minimum absolute atomic E-state index is 0. The van der Waals surface area contributed by atoms with E-state index in [0.717, 1.165) is 22.9 Å². The van der Waals surface area contributed by atoms with Crippen molar-refractivity contribution in [2.45, 2.75) is 26.5 Å². The van der Waals surface area contributed by atoms with E-state index in [4.69, 9.17) is 16.1 Å². The predicted molar refractivity (Wildman–Crippen MR) is 153 cm³/mol. The summed E-state index contributed by atoms with van der Waals surface area (Å²) < 4.78 is 74.1. The molecule has 0 saturated carbocycles. The standard InChI is InChI=1S/C25H23ClF2N3O7PS.Na.H/c1-3-10-40(36,37)30-21-9-8-20(27)22(23(21)28)24(32)19-13-31(14(2)38-39(33,34)35)25-18(19)11-16(12-29-25)15-4-6-17(26)7-5-15;;/h4-9,11-14,30H,3,10H2,1-2H3,(H2,33,34,35);;. The van der Waals surface area contributed by atoms with Gasteiger partial charge in [-0.25, -0.2) is 26.7 Å². The zero-order valence-corrected chi connectivity index (χ0v) is 23.5. The van der Waals surface area contributed by atoms with E-state index in [2.05, 4.69) is 4.98 Å². The number of pyridine rings is 1. The predicted octanol–water partition coefficient (Wildman–Crippen LogP) is 5.00. The van der Waals surface area contributed by atoms with Gasteiger partial charge in [0.2, 0.25) is 15.8 Å². The molecular weight excluding hydrogens is 614 g/mol. The average molecular weight is 638 g/mol. The monoisotopic (exact) mass is 637 g/mol. The molecular formula is C25H24ClF2N3NaO7PS. The Morgan fingerprint density at radius 2 is 1.83 bits per heavy atom. The fourth-order valence-corrected chi connectivity index (χ4v) is 5.86. The molecule has 2 heterocycles. The van der Waals surface area contributed by atoms with Crippen LogP contribution in [0.25, 0.3) is 22.2 Å². The maximum absolute atomic E-state index is 15.5. The van der Waals surface area contributed by atoms with E-state index in [1.165, 1.54) is 19.2 Å². The molecule has 0 spiro atoms. The molecule has 1 atom stereocenters. The topological polar surface area (TPSA) is 148 Å². The van der Waals surface area contributed by atoms with Crippen LogP contribution in [-0.2, 0) is 19.1 Å². The number of anilines is 1. The molecule has 0 aliphatic heterocycles. The maximum atomic E-state index is 15.5. The molecule has 3 N–H and O–H groups in total. The molecule has 0 fully saturated rings. The number of carbonyl (C=O) groups excluding carboxylic acids is 1. The van der Waals surface area contributed by atoms with Crippen molar-refractivity contribution < 1.29 is 40.9 Å². The Morgan fingerprint density at radius 1 is 1.17 bits per heavy atom. The van der Waals surface area contributed by atoms with Crippen LogP contribution in [0.15, 0.2) is 54.9 Å². The Morgan fingerprint density at radius 3 is 2.44 bits per heavy atom. The van der Waals surface area contributed by atoms with E-state index in [1.54, 1.807) is 31.2 Å². The molecule has 0 saturated heterocycles. The molecule has 0 bridgehead atoms. The van der Waals surface area contributed by atoms with Crippen LogP contribution >= 0.6 is 19.4 Å². The van der Waals surface area contributed by atoms with Gasteiger partial charge in [0.15, 0.2) is 5.82 Å². The molecule has 214 valence electrons. The Labute approximate surface area is 261 Å². The van der Waals surface area contributed by atoms with Gasteiger partial charge in [0.25, 0.3) is 0 Å². The van der Waals surface area contributed by atoms with E-state index in [-0.39, 0.29) is 58.3 Å². The van der Waals surface area contributed by atoms with Crippen molar-refractivity contribution >= 4 is 81.5 Å². The van der Waals surface area contributed by atoms with Gasteiger partial charge in [0, 0.05) is 28.4 Å². The number of ketones is 1. The van der Waals surface area contributed by atoms with Crippen LogP contribution in [0.2, 0.25) is 5.02 Å². The second-order valence-corrected chi connectivity index (χ2v) is 12.3. The molecule has 41 heavy (non-hydrogen) atoms. The summed E-state index contributed by atoms with van der Waals surface area (Å²) >= 11 is 5.96. The number of carbonyl (C=O) groups is 1. The summed E-state index contributed by atoms with van der Waals surface area (Å²) in [4.78, 5) is 36.5. The number of nitrogens with one attached hydrogen (secondary N) is 1. The normalized spacial score (nSPS) is 12.7. The molecule has 1 unspecified atom stereocenters. The molecule has 0 radical (unpaired) electrons. The summed E-state index contributed by atoms with van der Waals surface area (Å²) in [5.41, 5.74) is -0.736. The summed E-state index contributed by atoms with van der Waals surface area (Å²) in [5, 5.41) is 0.568. The first kappa shape index (κ1) is 33.3. The second kappa shape index (κ2) is 13.0. The minimum atomic E-state index is -4.98. The number of halogens is 3. The number of fused-ring (bicyclic) bond motifs is 1. The Kier molecular flexibility index (Phi) is 10.6. The van der Waals surface area contributed by atoms with Crippen LogP contribution in [0.5, 0.6) is 0 Å². The van der Waals surface area contributed by atoms with Crippen molar-refractivity contribution in [3.63, 3.8) is 0 Å². The van der Waals surface area contributed by atoms with E-state index < -0.39 is 52.7 Å². The molecule has 4 aromatic rings. The van der Waals surface area contributed by atoms with Gasteiger partial charge in [-0.15, -0.1) is 0 Å². The van der Waals surface area contributed by atoms with Crippen molar-refractivity contribution in [2.75, 3.05) is 10.5 Å². The number of phosphoric ester groups is 1. The van der Waals surface area contributed by atoms with Crippen LogP contribution in [0.1, 0.15) is 42.4 Å². The summed E-state index contributed by atoms with van der Waals surface area (Å²) in [6, 6.07) is 9.78. The third-order valence-electron chi connectivity index (χ3n) is 5.83. The van der Waals surface area contributed by atoms with E-state index >= 15 is 4.39 Å². The van der Waals surface area contributed by atoms with Gasteiger partial charge in [0.05, 0.1) is 22.6 Å². The molecule has 2 aromatic carbocycles. The van der Waals surface area contributed by atoms with Crippen molar-refractivity contribution in [1.29, 1.82) is 0 Å². The first-order valence-corrected chi connectivity index (χ1v) is 15.3. The van der Waals surface area contributed by atoms with Crippen LogP contribution in [0, 0.1) is 11.6 Å². The molecule has 4 rings (SSSR count). The Balaban J connectivity index is 0.00000462. The summed E-state index contributed by atoms with van der Waals surface area (Å²) in [5.74, 6) is -4.15. The number of phosphoric acid groups is 1. The number of rotatable bonds is 10. The average Bonchev–Trinajstić information content (AvgIpc) is 3.24. The molecule has 16 heteroatoms. The van der Waals surface area contributed by atoms with Crippen LogP contribution in [0.4, 0.5) is 14.5 Å². The van der Waals surface area contributed by atoms with Gasteiger partial charge in [-0.1, -0.05) is 30.7 Å². The van der Waals surface area contributed by atoms with Crippen molar-refractivity contribution in [2.24, 2.45) is 0 Å². The zero-order valence-electron chi connectivity index (χ0n) is 21.0. The second-order valence-electron chi connectivity index (χ2n) is 8.78. The number of hydrogen-bond acceptors (Lipinski definition) is 6. The number of sulfonamides is 1. The van der Waals surface area contributed by atoms with Gasteiger partial charge >= 0.3 is 37.4 Å². The molecule has 0 aliphatic rings. The third-order valence-corrected chi connectivity index (χ3v) is 8.14. The van der Waals surface area contributed by atoms with E-state index in [9.17, 15) is 32.0 Å². The molecule has 0 amide bonds. The fraction of sp³-hybridized carbons (Fsp3) is 0.200. The van der Waals surface area contributed by atoms with Gasteiger partial charge < -0.3 is 14.4 Å². The quantitative estimate of drug-likeness (QED) is 0.125. The molecule has 10 nitrogen and oxygen atoms in total. The number of nitrogens with zero attached hydrogens (tertiary/aromatic N) is 2. The van der Waals surface area contributed by atoms with Crippen molar-refractivity contribution in [3.8, 4) is 11.1 Å². The summed E-state index contributed by atoms with van der Waals surface area (Å²) in [6.45, 7) is 2.89. The van der Waals surface area contributed by atoms with Gasteiger partial charge in [-0.3, -0.25) is 14.0 Å². The summed E-state index contributed by atoms with van der Waals surface area (Å²) in [7, 11) is -8.94. The third kappa shape index (κ3) is 7.61.